The lowest BCUT2D eigenvalue weighted by atomic mass is 10.0. The van der Waals surface area contributed by atoms with E-state index in [2.05, 4.69) is 11.4 Å². The highest BCUT2D eigenvalue weighted by atomic mass is 35.5. The minimum Gasteiger partial charge on any atom is -0.321 e. The zero-order chi connectivity index (χ0) is 22.8. The fraction of sp³-hybridized carbons (Fsp3) is 0.125. The van der Waals surface area contributed by atoms with Gasteiger partial charge in [0.1, 0.15) is 0 Å². The van der Waals surface area contributed by atoms with Gasteiger partial charge in [-0.05, 0) is 42.3 Å². The number of hydrogen-bond donors (Lipinski definition) is 1. The molecule has 0 fully saturated rings. The first-order valence-corrected chi connectivity index (χ1v) is 10.6. The second-order valence-electron chi connectivity index (χ2n) is 7.28. The summed E-state index contributed by atoms with van der Waals surface area (Å²) in [6.45, 7) is 0.157. The van der Waals surface area contributed by atoms with E-state index in [0.717, 1.165) is 10.5 Å². The lowest BCUT2D eigenvalue weighted by Crippen LogP contribution is -2.32. The number of imide groups is 1. The number of anilines is 1. The van der Waals surface area contributed by atoms with Crippen LogP contribution < -0.4 is 5.32 Å². The molecule has 0 atom stereocenters. The molecule has 1 aliphatic heterocycles. The molecule has 1 aliphatic carbocycles. The van der Waals surface area contributed by atoms with Gasteiger partial charge in [-0.15, -0.1) is 0 Å². The Morgan fingerprint density at radius 3 is 2.75 bits per heavy atom. The number of rotatable bonds is 5. The molecule has 158 valence electrons. The Bertz CT molecular complexity index is 1290. The largest absolute Gasteiger partial charge is 0.321 e. The number of hydrogen-bond acceptors (Lipinski definition) is 5. The maximum Gasteiger partial charge on any atom is 0.263 e. The third-order valence-electron chi connectivity index (χ3n) is 5.24. The molecule has 2 aromatic carbocycles. The van der Waals surface area contributed by atoms with Crippen LogP contribution in [0.25, 0.3) is 0 Å². The van der Waals surface area contributed by atoms with Crippen LogP contribution in [-0.2, 0) is 11.2 Å². The van der Waals surface area contributed by atoms with Gasteiger partial charge < -0.3 is 5.32 Å². The van der Waals surface area contributed by atoms with Crippen LogP contribution in [0.15, 0.2) is 65.2 Å². The minimum absolute atomic E-state index is 0.153. The number of benzene rings is 2. The van der Waals surface area contributed by atoms with Crippen molar-refractivity contribution in [3.63, 3.8) is 0 Å². The van der Waals surface area contributed by atoms with Gasteiger partial charge in [0.05, 0.1) is 34.0 Å². The van der Waals surface area contributed by atoms with Crippen molar-refractivity contribution in [3.8, 4) is 6.07 Å². The van der Waals surface area contributed by atoms with Crippen molar-refractivity contribution in [2.75, 3.05) is 11.9 Å². The molecule has 3 amide bonds. The van der Waals surface area contributed by atoms with Crippen molar-refractivity contribution in [2.45, 2.75) is 12.8 Å². The SMILES string of the molecule is N#Cc1cccc(CCN2C(=O)c3cccc(NC(=O)C4=CC(Cl)=CCC4=S)c3C2=O)c1. The van der Waals surface area contributed by atoms with Crippen molar-refractivity contribution >= 4 is 52.1 Å². The fourth-order valence-electron chi connectivity index (χ4n) is 3.64. The number of thiocarbonyl (C=S) groups is 1. The number of amides is 3. The highest BCUT2D eigenvalue weighted by Crippen LogP contribution is 2.30. The highest BCUT2D eigenvalue weighted by Gasteiger charge is 2.37. The number of carbonyl (C=O) groups excluding carboxylic acids is 3. The zero-order valence-electron chi connectivity index (χ0n) is 16.7. The van der Waals surface area contributed by atoms with E-state index < -0.39 is 17.7 Å². The summed E-state index contributed by atoms with van der Waals surface area (Å²) in [6, 6.07) is 13.8. The normalized spacial score (nSPS) is 15.1. The van der Waals surface area contributed by atoms with Crippen molar-refractivity contribution < 1.29 is 14.4 Å². The lowest BCUT2D eigenvalue weighted by molar-refractivity contribution is -0.112. The average Bonchev–Trinajstić information content (AvgIpc) is 3.04. The van der Waals surface area contributed by atoms with Gasteiger partial charge in [0.15, 0.2) is 0 Å². The van der Waals surface area contributed by atoms with Crippen molar-refractivity contribution in [2.24, 2.45) is 0 Å². The van der Waals surface area contributed by atoms with Crippen LogP contribution in [0.4, 0.5) is 5.69 Å². The number of nitrogens with zero attached hydrogens (tertiary/aromatic N) is 2. The Labute approximate surface area is 194 Å². The number of allylic oxidation sites excluding steroid dienone is 3. The van der Waals surface area contributed by atoms with Gasteiger partial charge >= 0.3 is 0 Å². The van der Waals surface area contributed by atoms with Crippen LogP contribution in [-0.4, -0.2) is 34.0 Å². The van der Waals surface area contributed by atoms with Gasteiger partial charge in [0, 0.05) is 22.9 Å². The summed E-state index contributed by atoms with van der Waals surface area (Å²) in [4.78, 5) is 40.3. The Hall–Kier alpha value is -3.60. The molecule has 1 N–H and O–H groups in total. The summed E-state index contributed by atoms with van der Waals surface area (Å²) in [7, 11) is 0. The molecular formula is C24H16ClN3O3S. The predicted octanol–water partition coefficient (Wildman–Crippen LogP) is 4.16. The molecule has 0 saturated carbocycles. The van der Waals surface area contributed by atoms with E-state index in [9.17, 15) is 14.4 Å². The molecule has 0 bridgehead atoms. The van der Waals surface area contributed by atoms with Crippen LogP contribution in [0.1, 0.15) is 38.3 Å². The number of nitriles is 1. The van der Waals surface area contributed by atoms with Crippen LogP contribution in [0.5, 0.6) is 0 Å². The van der Waals surface area contributed by atoms with Gasteiger partial charge in [-0.3, -0.25) is 19.3 Å². The molecular weight excluding hydrogens is 446 g/mol. The second kappa shape index (κ2) is 8.87. The second-order valence-corrected chi connectivity index (χ2v) is 8.21. The summed E-state index contributed by atoms with van der Waals surface area (Å²) < 4.78 is 0. The first kappa shape index (κ1) is 21.6. The first-order chi connectivity index (χ1) is 15.4. The van der Waals surface area contributed by atoms with Crippen LogP contribution in [0.3, 0.4) is 0 Å². The molecule has 0 unspecified atom stereocenters. The fourth-order valence-corrected chi connectivity index (χ4v) is 4.06. The summed E-state index contributed by atoms with van der Waals surface area (Å²) >= 11 is 11.3. The monoisotopic (exact) mass is 461 g/mol. The molecule has 0 radical (unpaired) electrons. The lowest BCUT2D eigenvalue weighted by Gasteiger charge is -2.15. The average molecular weight is 462 g/mol. The minimum atomic E-state index is -0.485. The Morgan fingerprint density at radius 1 is 1.19 bits per heavy atom. The number of nitrogens with one attached hydrogen (secondary N) is 1. The van der Waals surface area contributed by atoms with E-state index in [1.165, 1.54) is 6.08 Å². The maximum absolute atomic E-state index is 13.1. The van der Waals surface area contributed by atoms with E-state index in [-0.39, 0.29) is 28.9 Å². The third kappa shape index (κ3) is 4.11. The first-order valence-electron chi connectivity index (χ1n) is 9.79. The number of halogens is 1. The summed E-state index contributed by atoms with van der Waals surface area (Å²) in [6.07, 6.45) is 4.00. The van der Waals surface area contributed by atoms with E-state index >= 15 is 0 Å². The molecule has 0 saturated heterocycles. The van der Waals surface area contributed by atoms with Crippen LogP contribution in [0.2, 0.25) is 0 Å². The topological polar surface area (TPSA) is 90.3 Å². The standard InChI is InChI=1S/C24H16ClN3O3S/c25-16-7-8-20(32)18(12-16)22(29)27-19-6-2-5-17-21(19)24(31)28(23(17)30)10-9-14-3-1-4-15(11-14)13-26/h1-7,11-12H,8-10H2,(H,27,29). The van der Waals surface area contributed by atoms with E-state index in [1.54, 1.807) is 42.5 Å². The molecule has 4 rings (SSSR count). The quantitative estimate of drug-likeness (QED) is 0.533. The van der Waals surface area contributed by atoms with E-state index in [1.807, 2.05) is 6.07 Å². The molecule has 1 heterocycles. The molecule has 2 aromatic rings. The summed E-state index contributed by atoms with van der Waals surface area (Å²) in [5.74, 6) is -1.38. The Balaban J connectivity index is 1.55. The smallest absolute Gasteiger partial charge is 0.263 e. The van der Waals surface area contributed by atoms with Crippen LogP contribution >= 0.6 is 23.8 Å². The van der Waals surface area contributed by atoms with Crippen molar-refractivity contribution in [3.05, 3.63) is 87.5 Å². The molecule has 0 aromatic heterocycles. The molecule has 6 nitrogen and oxygen atoms in total. The van der Waals surface area contributed by atoms with Crippen molar-refractivity contribution in [1.82, 2.24) is 4.90 Å². The van der Waals surface area contributed by atoms with Gasteiger partial charge in [-0.2, -0.15) is 5.26 Å². The van der Waals surface area contributed by atoms with Gasteiger partial charge in [0.2, 0.25) is 0 Å². The van der Waals surface area contributed by atoms with E-state index in [4.69, 9.17) is 29.1 Å². The molecule has 8 heteroatoms. The molecule has 0 spiro atoms. The highest BCUT2D eigenvalue weighted by molar-refractivity contribution is 7.81. The van der Waals surface area contributed by atoms with Crippen LogP contribution in [0, 0.1) is 11.3 Å². The van der Waals surface area contributed by atoms with Gasteiger partial charge in [-0.25, -0.2) is 0 Å². The molecule has 2 aliphatic rings. The Morgan fingerprint density at radius 2 is 1.97 bits per heavy atom. The maximum atomic E-state index is 13.1. The summed E-state index contributed by atoms with van der Waals surface area (Å²) in [5.41, 5.74) is 2.25. The van der Waals surface area contributed by atoms with E-state index in [0.29, 0.717) is 28.3 Å². The van der Waals surface area contributed by atoms with Crippen molar-refractivity contribution in [1.29, 1.82) is 5.26 Å². The van der Waals surface area contributed by atoms with Gasteiger partial charge in [-0.1, -0.05) is 48.1 Å². The number of carbonyl (C=O) groups is 3. The van der Waals surface area contributed by atoms with Gasteiger partial charge in [0.25, 0.3) is 17.7 Å². The number of fused-ring (bicyclic) bond motifs is 1. The zero-order valence-corrected chi connectivity index (χ0v) is 18.3. The Kier molecular flexibility index (Phi) is 5.99. The summed E-state index contributed by atoms with van der Waals surface area (Å²) in [5, 5.41) is 12.2. The molecule has 32 heavy (non-hydrogen) atoms. The predicted molar refractivity (Wildman–Crippen MR) is 125 cm³/mol. The third-order valence-corrected chi connectivity index (χ3v) is 5.89.